The number of hydrazine groups is 1. The fourth-order valence-corrected chi connectivity index (χ4v) is 14.4. The zero-order valence-electron chi connectivity index (χ0n) is 43.2. The maximum atomic E-state index is 15.4. The number of thiazole rings is 1. The second-order valence-corrected chi connectivity index (χ2v) is 23.9. The molecule has 2 N–H and O–H groups in total. The molecule has 10 heterocycles. The number of cyclic esters (lactones) is 1. The molecule has 8 bridgehead atoms. The lowest BCUT2D eigenvalue weighted by Crippen LogP contribution is -2.72. The number of morpholine rings is 1. The van der Waals surface area contributed by atoms with Crippen molar-refractivity contribution in [2.75, 3.05) is 97.5 Å². The minimum absolute atomic E-state index is 0.00574. The largest absolute Gasteiger partial charge is 0.464 e. The number of carbonyl (C=O) groups is 3. The van der Waals surface area contributed by atoms with Crippen LogP contribution < -0.4 is 15.6 Å². The normalized spacial score (nSPS) is 31.5. The number of piperazine rings is 1. The predicted octanol–water partition coefficient (Wildman–Crippen LogP) is 5.06. The molecule has 7 atom stereocenters. The molecule has 1 unspecified atom stereocenters. The van der Waals surface area contributed by atoms with Crippen LogP contribution >= 0.6 is 11.3 Å². The van der Waals surface area contributed by atoms with Crippen LogP contribution in [0.2, 0.25) is 0 Å². The lowest BCUT2D eigenvalue weighted by molar-refractivity contribution is -0.174. The summed E-state index contributed by atoms with van der Waals surface area (Å²) < 4.78 is 39.6. The van der Waals surface area contributed by atoms with Crippen molar-refractivity contribution < 1.29 is 42.8 Å². The van der Waals surface area contributed by atoms with Gasteiger partial charge in [0.05, 0.1) is 74.1 Å². The van der Waals surface area contributed by atoms with E-state index in [4.69, 9.17) is 38.4 Å². The molecule has 6 saturated heterocycles. The lowest BCUT2D eigenvalue weighted by Gasteiger charge is -2.53. The van der Waals surface area contributed by atoms with Gasteiger partial charge in [0.25, 0.3) is 5.91 Å². The van der Waals surface area contributed by atoms with E-state index in [0.717, 1.165) is 95.4 Å². The van der Waals surface area contributed by atoms with Crippen LogP contribution in [0, 0.1) is 17.3 Å². The van der Waals surface area contributed by atoms with Crippen molar-refractivity contribution in [3.63, 3.8) is 0 Å². The molecule has 0 radical (unpaired) electrons. The van der Waals surface area contributed by atoms with Gasteiger partial charge in [-0.3, -0.25) is 34.2 Å². The Labute approximate surface area is 436 Å². The van der Waals surface area contributed by atoms with Gasteiger partial charge in [0, 0.05) is 123 Å². The zero-order chi connectivity index (χ0) is 50.4. The first kappa shape index (κ1) is 49.0. The summed E-state index contributed by atoms with van der Waals surface area (Å²) in [5.74, 6) is -1.36. The van der Waals surface area contributed by atoms with E-state index >= 15 is 4.79 Å². The van der Waals surface area contributed by atoms with Crippen molar-refractivity contribution in [2.24, 2.45) is 17.3 Å². The van der Waals surface area contributed by atoms with Gasteiger partial charge in [-0.2, -0.15) is 0 Å². The van der Waals surface area contributed by atoms with Crippen molar-refractivity contribution in [1.82, 2.24) is 40.1 Å². The van der Waals surface area contributed by atoms with E-state index in [1.54, 1.807) is 12.1 Å². The Bertz CT molecular complexity index is 2770. The van der Waals surface area contributed by atoms with E-state index in [0.29, 0.717) is 77.1 Å². The molecule has 18 nitrogen and oxygen atoms in total. The molecule has 7 aliphatic heterocycles. The van der Waals surface area contributed by atoms with Gasteiger partial charge in [-0.25, -0.2) is 10.4 Å². The number of esters is 1. The number of anilines is 1. The van der Waals surface area contributed by atoms with Crippen LogP contribution in [0.3, 0.4) is 0 Å². The molecule has 8 fully saturated rings. The zero-order valence-corrected chi connectivity index (χ0v) is 44.0. The van der Waals surface area contributed by atoms with Gasteiger partial charge in [-0.05, 0) is 68.2 Å². The predicted molar refractivity (Wildman–Crippen MR) is 276 cm³/mol. The highest BCUT2D eigenvalue weighted by atomic mass is 32.1. The van der Waals surface area contributed by atoms with Crippen LogP contribution in [0.4, 0.5) is 5.69 Å². The Morgan fingerprint density at radius 1 is 0.959 bits per heavy atom. The fraction of sp³-hybridized carbons (Fsp3) is 0.655. The number of hydrogen-bond acceptors (Lipinski definition) is 16. The van der Waals surface area contributed by atoms with Crippen molar-refractivity contribution in [3.8, 4) is 22.5 Å². The van der Waals surface area contributed by atoms with Gasteiger partial charge in [0.1, 0.15) is 29.3 Å². The quantitative estimate of drug-likeness (QED) is 0.202. The van der Waals surface area contributed by atoms with E-state index in [2.05, 4.69) is 73.5 Å². The number of rotatable bonds is 10. The van der Waals surface area contributed by atoms with E-state index in [9.17, 15) is 9.59 Å². The van der Waals surface area contributed by atoms with Gasteiger partial charge in [0.15, 0.2) is 0 Å². The van der Waals surface area contributed by atoms with Gasteiger partial charge < -0.3 is 43.2 Å². The number of aromatic nitrogens is 3. The average Bonchev–Trinajstić information content (AvgIpc) is 4.07. The first-order valence-corrected chi connectivity index (χ1v) is 28.2. The summed E-state index contributed by atoms with van der Waals surface area (Å²) in [7, 11) is 1.77. The summed E-state index contributed by atoms with van der Waals surface area (Å²) in [6.07, 6.45) is 6.65. The Kier molecular flexibility index (Phi) is 13.1. The molecule has 2 amide bonds. The third-order valence-corrected chi connectivity index (χ3v) is 18.8. The molecule has 3 aromatic heterocycles. The second kappa shape index (κ2) is 19.8. The molecule has 74 heavy (non-hydrogen) atoms. The number of fused-ring (bicyclic) bond motifs is 6. The smallest absolute Gasteiger partial charge is 0.325 e. The van der Waals surface area contributed by atoms with Crippen LogP contribution in [0.5, 0.6) is 0 Å². The second-order valence-electron chi connectivity index (χ2n) is 23.0. The summed E-state index contributed by atoms with van der Waals surface area (Å²) in [6.45, 7) is 15.4. The van der Waals surface area contributed by atoms with Gasteiger partial charge in [-0.1, -0.05) is 26.8 Å². The standard InChI is InChI=1S/C55H71N9O9S/c1-31-28-72-49(31)51(65)58-46-48(62-15-20-70-21-16-62)52-57-40(29-74-52)32-5-8-41-38(25-32)42-43(55(2,3)30-73-54(67)44-33-23-35(24-33)64(59-44)53(46)66)50(68-4)45-39(47(42)63(41)17-22-71-37-9-18-69-19-10-37)26-36(27-56-45)61-13-11-60(12-14-61)34-6-7-34/h5,8,25-27,29,31,33-35,37,43-44,46,48-50,59H,6-7,9-24,28,30H2,1-4H3,(H,58,65)/t31-,33?,35?,43?,44-,46-,48-,49-,50-/m0/s1. The van der Waals surface area contributed by atoms with Crippen molar-refractivity contribution in [3.05, 3.63) is 52.1 Å². The number of benzene rings is 1. The van der Waals surface area contributed by atoms with Crippen molar-refractivity contribution in [2.45, 2.75) is 120 Å². The first-order valence-electron chi connectivity index (χ1n) is 27.4. The van der Waals surface area contributed by atoms with Crippen LogP contribution in [-0.4, -0.2) is 176 Å². The molecule has 14 rings (SSSR count). The van der Waals surface area contributed by atoms with E-state index in [-0.39, 0.29) is 48.3 Å². The van der Waals surface area contributed by atoms with Crippen molar-refractivity contribution >= 4 is 45.7 Å². The summed E-state index contributed by atoms with van der Waals surface area (Å²) in [5, 5.41) is 8.66. The number of amides is 2. The number of nitrogens with one attached hydrogen (secondary N) is 2. The molecule has 2 saturated carbocycles. The molecular weight excluding hydrogens is 963 g/mol. The van der Waals surface area contributed by atoms with Crippen molar-refractivity contribution in [1.29, 1.82) is 0 Å². The molecule has 10 aliphatic rings. The van der Waals surface area contributed by atoms with Crippen LogP contribution in [0.25, 0.3) is 33.4 Å². The van der Waals surface area contributed by atoms with Gasteiger partial charge in [-0.15, -0.1) is 11.3 Å². The molecule has 4 aromatic rings. The van der Waals surface area contributed by atoms with Gasteiger partial charge in [0.2, 0.25) is 5.91 Å². The summed E-state index contributed by atoms with van der Waals surface area (Å²) in [6, 6.07) is 7.13. The lowest BCUT2D eigenvalue weighted by atomic mass is 9.67. The minimum atomic E-state index is -1.05. The van der Waals surface area contributed by atoms with Gasteiger partial charge >= 0.3 is 5.97 Å². The number of methoxy groups -OCH3 is 1. The van der Waals surface area contributed by atoms with E-state index in [1.165, 1.54) is 24.2 Å². The molecule has 19 heteroatoms. The molecule has 3 aliphatic carbocycles. The Morgan fingerprint density at radius 2 is 1.74 bits per heavy atom. The number of pyridine rings is 1. The Balaban J connectivity index is 0.969. The molecule has 1 aromatic carbocycles. The first-order chi connectivity index (χ1) is 36.0. The molecular formula is C55H71N9O9S. The van der Waals surface area contributed by atoms with E-state index in [1.807, 2.05) is 13.1 Å². The number of ether oxygens (including phenoxy) is 6. The highest BCUT2D eigenvalue weighted by molar-refractivity contribution is 7.10. The Morgan fingerprint density at radius 3 is 2.47 bits per heavy atom. The average molecular weight is 1030 g/mol. The third-order valence-electron chi connectivity index (χ3n) is 17.9. The Hall–Kier alpha value is -4.57. The minimum Gasteiger partial charge on any atom is -0.464 e. The fourth-order valence-electron chi connectivity index (χ4n) is 13.4. The van der Waals surface area contributed by atoms with Crippen LogP contribution in [0.1, 0.15) is 93.6 Å². The number of carbonyl (C=O) groups excluding carboxylic acids is 3. The molecule has 396 valence electrons. The highest BCUT2D eigenvalue weighted by Gasteiger charge is 2.54. The highest BCUT2D eigenvalue weighted by Crippen LogP contribution is 2.58. The SMILES string of the molecule is CO[C@@H]1c2ncc(N3CCN(C4CC4)CC3)cc2-c2c3c4cc(ccc4n2CCOC2CCOCC2)-c2csc(n2)[C@@H](N2CCOCC2)[C@H](NC(=O)[C@H]2OC[C@@H]2C)C(=O)N2N[C@H](C(=O)OCC(C)(C)C31)C1CC2C1. The molecule has 0 spiro atoms. The topological polar surface area (TPSA) is 174 Å². The number of nitrogens with zero attached hydrogens (tertiary/aromatic N) is 7. The summed E-state index contributed by atoms with van der Waals surface area (Å²) in [4.78, 5) is 62.4. The van der Waals surface area contributed by atoms with Crippen LogP contribution in [0.15, 0.2) is 35.8 Å². The maximum absolute atomic E-state index is 15.4. The van der Waals surface area contributed by atoms with Crippen LogP contribution in [-0.2, 0) is 49.3 Å². The summed E-state index contributed by atoms with van der Waals surface area (Å²) >= 11 is 1.50. The third kappa shape index (κ3) is 8.75. The van der Waals surface area contributed by atoms with E-state index < -0.39 is 41.7 Å². The maximum Gasteiger partial charge on any atom is 0.325 e. The summed E-state index contributed by atoms with van der Waals surface area (Å²) in [5.41, 5.74) is 10.6. The number of hydrogen-bond donors (Lipinski definition) is 2. The monoisotopic (exact) mass is 1030 g/mol.